The van der Waals surface area contributed by atoms with Gasteiger partial charge in [-0.3, -0.25) is 4.90 Å². The van der Waals surface area contributed by atoms with Crippen LogP contribution in [0.3, 0.4) is 0 Å². The van der Waals surface area contributed by atoms with Crippen molar-refractivity contribution in [2.45, 2.75) is 57.3 Å². The highest BCUT2D eigenvalue weighted by Crippen LogP contribution is 2.41. The maximum atomic E-state index is 5.64. The second-order valence-corrected chi connectivity index (χ2v) is 6.91. The number of ether oxygens (including phenoxy) is 1. The minimum Gasteiger partial charge on any atom is -0.497 e. The molecule has 1 saturated carbocycles. The van der Waals surface area contributed by atoms with Crippen molar-refractivity contribution >= 4 is 0 Å². The van der Waals surface area contributed by atoms with E-state index in [-0.39, 0.29) is 0 Å². The smallest absolute Gasteiger partial charge is 0.230 e. The zero-order valence-corrected chi connectivity index (χ0v) is 14.9. The van der Waals surface area contributed by atoms with Gasteiger partial charge >= 0.3 is 0 Å². The van der Waals surface area contributed by atoms with Gasteiger partial charge in [0.2, 0.25) is 11.8 Å². The first kappa shape index (κ1) is 16.5. The Balaban J connectivity index is 1.51. The topological polar surface area (TPSA) is 63.4 Å². The van der Waals surface area contributed by atoms with Gasteiger partial charge < -0.3 is 14.5 Å². The molecule has 0 bridgehead atoms. The van der Waals surface area contributed by atoms with E-state index in [9.17, 15) is 0 Å². The SMILES string of the molecule is CCc1nnc(CN[C@H]2CCN(C3CC3)[C@@H]2c2cccc(OC)c2)o1. The maximum absolute atomic E-state index is 5.64. The first-order valence-corrected chi connectivity index (χ1v) is 9.23. The summed E-state index contributed by atoms with van der Waals surface area (Å²) in [5, 5.41) is 11.8. The van der Waals surface area contributed by atoms with Crippen molar-refractivity contribution in [2.75, 3.05) is 13.7 Å². The summed E-state index contributed by atoms with van der Waals surface area (Å²) < 4.78 is 11.1. The first-order chi connectivity index (χ1) is 12.3. The summed E-state index contributed by atoms with van der Waals surface area (Å²) >= 11 is 0. The van der Waals surface area contributed by atoms with Crippen LogP contribution in [0.15, 0.2) is 28.7 Å². The molecule has 2 aliphatic rings. The van der Waals surface area contributed by atoms with Gasteiger partial charge in [0.15, 0.2) is 0 Å². The van der Waals surface area contributed by atoms with Crippen molar-refractivity contribution in [3.8, 4) is 5.75 Å². The van der Waals surface area contributed by atoms with E-state index in [1.807, 2.05) is 13.0 Å². The molecule has 0 amide bonds. The minimum absolute atomic E-state index is 0.371. The standard InChI is InChI=1S/C19H26N4O2/c1-3-17-21-22-18(25-17)12-20-16-9-10-23(14-7-8-14)19(16)13-5-4-6-15(11-13)24-2/h4-6,11,14,16,19-20H,3,7-10,12H2,1-2H3/t16-,19+/m0/s1. The monoisotopic (exact) mass is 342 g/mol. The van der Waals surface area contributed by atoms with Crippen LogP contribution in [0.2, 0.25) is 0 Å². The highest BCUT2D eigenvalue weighted by molar-refractivity contribution is 5.32. The zero-order valence-electron chi connectivity index (χ0n) is 14.9. The summed E-state index contributed by atoms with van der Waals surface area (Å²) in [4.78, 5) is 2.65. The largest absolute Gasteiger partial charge is 0.497 e. The normalized spacial score (nSPS) is 23.9. The fourth-order valence-corrected chi connectivity index (χ4v) is 3.82. The van der Waals surface area contributed by atoms with E-state index in [0.29, 0.717) is 30.4 Å². The Kier molecular flexibility index (Phi) is 4.72. The number of hydrogen-bond donors (Lipinski definition) is 1. The molecule has 0 radical (unpaired) electrons. The molecular weight excluding hydrogens is 316 g/mol. The lowest BCUT2D eigenvalue weighted by Gasteiger charge is -2.29. The number of aryl methyl sites for hydroxylation is 1. The van der Waals surface area contributed by atoms with E-state index >= 15 is 0 Å². The molecule has 1 N–H and O–H groups in total. The van der Waals surface area contributed by atoms with E-state index in [2.05, 4.69) is 38.6 Å². The number of hydrogen-bond acceptors (Lipinski definition) is 6. The van der Waals surface area contributed by atoms with Crippen molar-refractivity contribution in [1.82, 2.24) is 20.4 Å². The van der Waals surface area contributed by atoms with Gasteiger partial charge in [0.1, 0.15) is 5.75 Å². The number of likely N-dealkylation sites (tertiary alicyclic amines) is 1. The Morgan fingerprint density at radius 1 is 1.24 bits per heavy atom. The molecule has 2 heterocycles. The summed E-state index contributed by atoms with van der Waals surface area (Å²) in [5.74, 6) is 2.29. The molecule has 1 aliphatic heterocycles. The van der Waals surface area contributed by atoms with Crippen LogP contribution in [0.5, 0.6) is 5.75 Å². The molecular formula is C19H26N4O2. The predicted octanol–water partition coefficient (Wildman–Crippen LogP) is 2.71. The number of nitrogens with one attached hydrogen (secondary N) is 1. The summed E-state index contributed by atoms with van der Waals surface area (Å²) in [6, 6.07) is 9.96. The number of nitrogens with zero attached hydrogens (tertiary/aromatic N) is 3. The summed E-state index contributed by atoms with van der Waals surface area (Å²) in [7, 11) is 1.73. The Labute approximate surface area is 148 Å². The quantitative estimate of drug-likeness (QED) is 0.835. The van der Waals surface area contributed by atoms with E-state index in [4.69, 9.17) is 9.15 Å². The fourth-order valence-electron chi connectivity index (χ4n) is 3.82. The third-order valence-corrected chi connectivity index (χ3v) is 5.21. The van der Waals surface area contributed by atoms with E-state index < -0.39 is 0 Å². The molecule has 4 rings (SSSR count). The third kappa shape index (κ3) is 3.55. The van der Waals surface area contributed by atoms with E-state index in [0.717, 1.165) is 31.2 Å². The van der Waals surface area contributed by atoms with Gasteiger partial charge in [0, 0.05) is 25.0 Å². The number of benzene rings is 1. The number of aromatic nitrogens is 2. The molecule has 134 valence electrons. The molecule has 1 aromatic heterocycles. The van der Waals surface area contributed by atoms with Crippen molar-refractivity contribution in [1.29, 1.82) is 0 Å². The van der Waals surface area contributed by atoms with Crippen LogP contribution in [-0.2, 0) is 13.0 Å². The first-order valence-electron chi connectivity index (χ1n) is 9.23. The molecule has 1 aliphatic carbocycles. The molecule has 6 nitrogen and oxygen atoms in total. The Hall–Kier alpha value is -1.92. The lowest BCUT2D eigenvalue weighted by molar-refractivity contribution is 0.224. The van der Waals surface area contributed by atoms with E-state index in [1.54, 1.807) is 7.11 Å². The van der Waals surface area contributed by atoms with Crippen LogP contribution in [0.1, 0.15) is 49.6 Å². The van der Waals surface area contributed by atoms with E-state index in [1.165, 1.54) is 18.4 Å². The molecule has 0 unspecified atom stereocenters. The lowest BCUT2D eigenvalue weighted by atomic mass is 9.99. The molecule has 2 fully saturated rings. The summed E-state index contributed by atoms with van der Waals surface area (Å²) in [6.45, 7) is 3.78. The van der Waals surface area contributed by atoms with Crippen LogP contribution >= 0.6 is 0 Å². The van der Waals surface area contributed by atoms with Crippen molar-refractivity contribution in [3.05, 3.63) is 41.6 Å². The van der Waals surface area contributed by atoms with Gasteiger partial charge in [-0.1, -0.05) is 19.1 Å². The highest BCUT2D eigenvalue weighted by Gasteiger charge is 2.42. The highest BCUT2D eigenvalue weighted by atomic mass is 16.5. The van der Waals surface area contributed by atoms with Crippen LogP contribution in [0.25, 0.3) is 0 Å². The van der Waals surface area contributed by atoms with Crippen molar-refractivity contribution < 1.29 is 9.15 Å². The van der Waals surface area contributed by atoms with Crippen LogP contribution < -0.4 is 10.1 Å². The van der Waals surface area contributed by atoms with Crippen molar-refractivity contribution in [3.63, 3.8) is 0 Å². The van der Waals surface area contributed by atoms with Gasteiger partial charge in [0.25, 0.3) is 0 Å². The lowest BCUT2D eigenvalue weighted by Crippen LogP contribution is -2.36. The molecule has 25 heavy (non-hydrogen) atoms. The third-order valence-electron chi connectivity index (χ3n) is 5.21. The fraction of sp³-hybridized carbons (Fsp3) is 0.579. The number of rotatable bonds is 7. The molecule has 6 heteroatoms. The molecule has 1 aromatic carbocycles. The second-order valence-electron chi connectivity index (χ2n) is 6.91. The van der Waals surface area contributed by atoms with Gasteiger partial charge in [0.05, 0.1) is 19.7 Å². The molecule has 1 saturated heterocycles. The van der Waals surface area contributed by atoms with Gasteiger partial charge in [-0.05, 0) is 37.0 Å². The van der Waals surface area contributed by atoms with Gasteiger partial charge in [-0.15, -0.1) is 10.2 Å². The Morgan fingerprint density at radius 3 is 2.80 bits per heavy atom. The molecule has 2 aromatic rings. The Bertz CT molecular complexity index is 713. The van der Waals surface area contributed by atoms with Crippen LogP contribution in [0.4, 0.5) is 0 Å². The molecule has 0 spiro atoms. The summed E-state index contributed by atoms with van der Waals surface area (Å²) in [5.41, 5.74) is 1.32. The Morgan fingerprint density at radius 2 is 2.08 bits per heavy atom. The maximum Gasteiger partial charge on any atom is 0.230 e. The van der Waals surface area contributed by atoms with Crippen molar-refractivity contribution in [2.24, 2.45) is 0 Å². The average molecular weight is 342 g/mol. The van der Waals surface area contributed by atoms with Gasteiger partial charge in [-0.2, -0.15) is 0 Å². The zero-order chi connectivity index (χ0) is 17.2. The van der Waals surface area contributed by atoms with Gasteiger partial charge in [-0.25, -0.2) is 0 Å². The molecule has 2 atom stereocenters. The average Bonchev–Trinajstić information content (AvgIpc) is 3.24. The minimum atomic E-state index is 0.371. The van der Waals surface area contributed by atoms with Crippen LogP contribution in [-0.4, -0.2) is 40.8 Å². The predicted molar refractivity (Wildman–Crippen MR) is 94.4 cm³/mol. The number of methoxy groups -OCH3 is 1. The summed E-state index contributed by atoms with van der Waals surface area (Å²) in [6.07, 6.45) is 4.54. The van der Waals surface area contributed by atoms with Crippen LogP contribution in [0, 0.1) is 0 Å². The second kappa shape index (κ2) is 7.14.